The zero-order valence-corrected chi connectivity index (χ0v) is 14.0. The maximum atomic E-state index is 6.34. The molecular weight excluding hydrogens is 289 g/mol. The molecule has 0 bridgehead atoms. The van der Waals surface area contributed by atoms with E-state index in [2.05, 4.69) is 25.2 Å². The number of nitrogens with one attached hydrogen (secondary N) is 1. The van der Waals surface area contributed by atoms with E-state index in [1.807, 2.05) is 12.1 Å². The van der Waals surface area contributed by atoms with Gasteiger partial charge in [0.05, 0.1) is 0 Å². The fourth-order valence-corrected chi connectivity index (χ4v) is 3.92. The quantitative estimate of drug-likeness (QED) is 0.678. The summed E-state index contributed by atoms with van der Waals surface area (Å²) in [6, 6.07) is 6.15. The van der Waals surface area contributed by atoms with Crippen molar-refractivity contribution < 1.29 is 0 Å². The van der Waals surface area contributed by atoms with Gasteiger partial charge in [-0.3, -0.25) is 0 Å². The SMILES string of the molecule is CCC(NCC1(CC)CCCC1)c1ccc(Cl)cc1Cl. The molecule has 1 unspecified atom stereocenters. The van der Waals surface area contributed by atoms with Gasteiger partial charge in [-0.1, -0.05) is 56.0 Å². The third kappa shape index (κ3) is 3.69. The van der Waals surface area contributed by atoms with Gasteiger partial charge in [-0.25, -0.2) is 0 Å². The smallest absolute Gasteiger partial charge is 0.0468 e. The average Bonchev–Trinajstić information content (AvgIpc) is 2.91. The van der Waals surface area contributed by atoms with Gasteiger partial charge in [0.1, 0.15) is 0 Å². The zero-order valence-electron chi connectivity index (χ0n) is 12.5. The highest BCUT2D eigenvalue weighted by molar-refractivity contribution is 6.35. The van der Waals surface area contributed by atoms with Crippen LogP contribution in [-0.2, 0) is 0 Å². The van der Waals surface area contributed by atoms with E-state index in [-0.39, 0.29) is 0 Å². The van der Waals surface area contributed by atoms with Crippen molar-refractivity contribution in [2.45, 2.75) is 58.4 Å². The van der Waals surface area contributed by atoms with Crippen molar-refractivity contribution in [3.05, 3.63) is 33.8 Å². The molecular formula is C17H25Cl2N. The van der Waals surface area contributed by atoms with Crippen LogP contribution in [0.2, 0.25) is 10.0 Å². The molecule has 1 aliphatic rings. The summed E-state index contributed by atoms with van der Waals surface area (Å²) in [6.07, 6.45) is 7.80. The Labute approximate surface area is 133 Å². The van der Waals surface area contributed by atoms with Gasteiger partial charge in [0.25, 0.3) is 0 Å². The largest absolute Gasteiger partial charge is 0.309 e. The van der Waals surface area contributed by atoms with Gasteiger partial charge in [0, 0.05) is 22.6 Å². The molecule has 0 spiro atoms. The minimum Gasteiger partial charge on any atom is -0.309 e. The Bertz CT molecular complexity index is 439. The van der Waals surface area contributed by atoms with E-state index < -0.39 is 0 Å². The van der Waals surface area contributed by atoms with Crippen LogP contribution < -0.4 is 5.32 Å². The topological polar surface area (TPSA) is 12.0 Å². The molecule has 1 saturated carbocycles. The minimum atomic E-state index is 0.323. The van der Waals surface area contributed by atoms with Gasteiger partial charge in [0.2, 0.25) is 0 Å². The second-order valence-electron chi connectivity index (χ2n) is 6.07. The molecule has 1 atom stereocenters. The van der Waals surface area contributed by atoms with E-state index >= 15 is 0 Å². The fourth-order valence-electron chi connectivity index (χ4n) is 3.38. The second kappa shape index (κ2) is 7.15. The van der Waals surface area contributed by atoms with Crippen LogP contribution in [0.4, 0.5) is 0 Å². The first-order chi connectivity index (χ1) is 9.60. The Kier molecular flexibility index (Phi) is 5.77. The molecule has 2 rings (SSSR count). The van der Waals surface area contributed by atoms with Crippen molar-refractivity contribution in [3.8, 4) is 0 Å². The van der Waals surface area contributed by atoms with Gasteiger partial charge >= 0.3 is 0 Å². The third-order valence-corrected chi connectivity index (χ3v) is 5.45. The number of benzene rings is 1. The summed E-state index contributed by atoms with van der Waals surface area (Å²) in [4.78, 5) is 0. The number of halogens is 2. The molecule has 1 aromatic rings. The number of hydrogen-bond acceptors (Lipinski definition) is 1. The predicted molar refractivity (Wildman–Crippen MR) is 88.7 cm³/mol. The molecule has 20 heavy (non-hydrogen) atoms. The standard InChI is InChI=1S/C17H25Cl2N/c1-3-16(14-8-7-13(18)11-15(14)19)20-12-17(4-2)9-5-6-10-17/h7-8,11,16,20H,3-6,9-10,12H2,1-2H3. The molecule has 0 aliphatic heterocycles. The molecule has 0 saturated heterocycles. The summed E-state index contributed by atoms with van der Waals surface area (Å²) in [6.45, 7) is 5.63. The van der Waals surface area contributed by atoms with Crippen LogP contribution in [0.1, 0.15) is 64.0 Å². The monoisotopic (exact) mass is 313 g/mol. The summed E-state index contributed by atoms with van der Waals surface area (Å²) >= 11 is 12.3. The predicted octanol–water partition coefficient (Wildman–Crippen LogP) is 6.00. The van der Waals surface area contributed by atoms with E-state index in [0.717, 1.165) is 18.0 Å². The van der Waals surface area contributed by atoms with Gasteiger partial charge in [0.15, 0.2) is 0 Å². The molecule has 1 aromatic carbocycles. The van der Waals surface area contributed by atoms with E-state index in [1.54, 1.807) is 0 Å². The second-order valence-corrected chi connectivity index (χ2v) is 6.91. The molecule has 112 valence electrons. The fraction of sp³-hybridized carbons (Fsp3) is 0.647. The molecule has 0 aromatic heterocycles. The van der Waals surface area contributed by atoms with Crippen molar-refractivity contribution >= 4 is 23.2 Å². The van der Waals surface area contributed by atoms with Crippen LogP contribution in [0.5, 0.6) is 0 Å². The molecule has 0 radical (unpaired) electrons. The van der Waals surface area contributed by atoms with Crippen LogP contribution >= 0.6 is 23.2 Å². The first kappa shape index (κ1) is 16.1. The summed E-state index contributed by atoms with van der Waals surface area (Å²) < 4.78 is 0. The Balaban J connectivity index is 2.05. The van der Waals surface area contributed by atoms with E-state index in [4.69, 9.17) is 23.2 Å². The Hall–Kier alpha value is -0.240. The maximum Gasteiger partial charge on any atom is 0.0468 e. The van der Waals surface area contributed by atoms with Crippen molar-refractivity contribution in [2.24, 2.45) is 5.41 Å². The van der Waals surface area contributed by atoms with Crippen molar-refractivity contribution in [1.29, 1.82) is 0 Å². The first-order valence-corrected chi connectivity index (χ1v) is 8.54. The van der Waals surface area contributed by atoms with Gasteiger partial charge < -0.3 is 5.32 Å². The van der Waals surface area contributed by atoms with Gasteiger partial charge in [-0.05, 0) is 48.8 Å². The summed E-state index contributed by atoms with van der Waals surface area (Å²) in [5.74, 6) is 0. The third-order valence-electron chi connectivity index (χ3n) is 4.88. The van der Waals surface area contributed by atoms with Crippen LogP contribution in [0.15, 0.2) is 18.2 Å². The Morgan fingerprint density at radius 3 is 2.45 bits per heavy atom. The maximum absolute atomic E-state index is 6.34. The van der Waals surface area contributed by atoms with Gasteiger partial charge in [-0.2, -0.15) is 0 Å². The molecule has 3 heteroatoms. The lowest BCUT2D eigenvalue weighted by molar-refractivity contribution is 0.254. The lowest BCUT2D eigenvalue weighted by Crippen LogP contribution is -2.34. The van der Waals surface area contributed by atoms with Crippen LogP contribution in [0.3, 0.4) is 0 Å². The highest BCUT2D eigenvalue weighted by Gasteiger charge is 2.32. The molecule has 1 N–H and O–H groups in total. The molecule has 1 fully saturated rings. The minimum absolute atomic E-state index is 0.323. The van der Waals surface area contributed by atoms with Gasteiger partial charge in [-0.15, -0.1) is 0 Å². The molecule has 0 heterocycles. The molecule has 0 amide bonds. The number of hydrogen-bond donors (Lipinski definition) is 1. The molecule has 1 aliphatic carbocycles. The number of rotatable bonds is 6. The summed E-state index contributed by atoms with van der Waals surface area (Å²) in [7, 11) is 0. The Morgan fingerprint density at radius 2 is 1.90 bits per heavy atom. The van der Waals surface area contributed by atoms with Crippen molar-refractivity contribution in [3.63, 3.8) is 0 Å². The van der Waals surface area contributed by atoms with Crippen LogP contribution in [0, 0.1) is 5.41 Å². The van der Waals surface area contributed by atoms with Crippen molar-refractivity contribution in [1.82, 2.24) is 5.32 Å². The Morgan fingerprint density at radius 1 is 1.20 bits per heavy atom. The molecule has 1 nitrogen and oxygen atoms in total. The lowest BCUT2D eigenvalue weighted by atomic mass is 9.83. The summed E-state index contributed by atoms with van der Waals surface area (Å²) in [5, 5.41) is 5.23. The van der Waals surface area contributed by atoms with Crippen LogP contribution in [-0.4, -0.2) is 6.54 Å². The van der Waals surface area contributed by atoms with Crippen LogP contribution in [0.25, 0.3) is 0 Å². The highest BCUT2D eigenvalue weighted by atomic mass is 35.5. The van der Waals surface area contributed by atoms with E-state index in [0.29, 0.717) is 16.5 Å². The average molecular weight is 314 g/mol. The first-order valence-electron chi connectivity index (χ1n) is 7.78. The van der Waals surface area contributed by atoms with E-state index in [1.165, 1.54) is 37.7 Å². The zero-order chi connectivity index (χ0) is 14.6. The van der Waals surface area contributed by atoms with Crippen molar-refractivity contribution in [2.75, 3.05) is 6.54 Å². The normalized spacial score (nSPS) is 19.2. The lowest BCUT2D eigenvalue weighted by Gasteiger charge is -2.31. The van der Waals surface area contributed by atoms with E-state index in [9.17, 15) is 0 Å². The highest BCUT2D eigenvalue weighted by Crippen LogP contribution is 2.41. The summed E-state index contributed by atoms with van der Waals surface area (Å²) in [5.41, 5.74) is 1.68.